The van der Waals surface area contributed by atoms with Crippen LogP contribution in [0.4, 0.5) is 0 Å². The first-order chi connectivity index (χ1) is 9.28. The van der Waals surface area contributed by atoms with Crippen molar-refractivity contribution in [3.05, 3.63) is 63.6 Å². The van der Waals surface area contributed by atoms with Crippen LogP contribution < -0.4 is 11.4 Å². The van der Waals surface area contributed by atoms with Crippen molar-refractivity contribution in [1.29, 1.82) is 0 Å². The number of hydrogen-bond acceptors (Lipinski definition) is 4. The Labute approximate surface area is 110 Å². The van der Waals surface area contributed by atoms with E-state index in [1.807, 2.05) is 18.2 Å². The Morgan fingerprint density at radius 2 is 2.05 bits per heavy atom. The highest BCUT2D eigenvalue weighted by molar-refractivity contribution is 6.02. The zero-order valence-corrected chi connectivity index (χ0v) is 10.3. The van der Waals surface area contributed by atoms with Crippen LogP contribution in [0.5, 0.6) is 0 Å². The molecule has 1 aliphatic rings. The van der Waals surface area contributed by atoms with Crippen molar-refractivity contribution in [2.45, 2.75) is 18.8 Å². The molecule has 1 aliphatic carbocycles. The van der Waals surface area contributed by atoms with E-state index in [9.17, 15) is 4.79 Å². The van der Waals surface area contributed by atoms with Crippen LogP contribution in [0.3, 0.4) is 0 Å². The first kappa shape index (κ1) is 11.6. The topological polar surface area (TPSA) is 84.1 Å². The molecule has 3 N–H and O–H groups in total. The molecule has 0 amide bonds. The minimum absolute atomic E-state index is 0.224. The van der Waals surface area contributed by atoms with Crippen molar-refractivity contribution in [1.82, 2.24) is 10.2 Å². The van der Waals surface area contributed by atoms with Gasteiger partial charge in [-0.15, -0.1) is 0 Å². The number of nitrogens with zero attached hydrogens (tertiary/aromatic N) is 2. The zero-order valence-electron chi connectivity index (χ0n) is 10.3. The lowest BCUT2D eigenvalue weighted by molar-refractivity contribution is 0.665. The maximum atomic E-state index is 11.3. The van der Waals surface area contributed by atoms with E-state index < -0.39 is 0 Å². The molecule has 19 heavy (non-hydrogen) atoms. The van der Waals surface area contributed by atoms with Crippen molar-refractivity contribution in [3.63, 3.8) is 0 Å². The van der Waals surface area contributed by atoms with Crippen LogP contribution in [0, 0.1) is 0 Å². The van der Waals surface area contributed by atoms with E-state index in [2.05, 4.69) is 27.4 Å². The number of nitrogens with two attached hydrogens (primary N) is 1. The molecule has 0 aliphatic heterocycles. The molecule has 1 unspecified atom stereocenters. The van der Waals surface area contributed by atoms with Crippen molar-refractivity contribution >= 4 is 5.71 Å². The zero-order chi connectivity index (χ0) is 13.2. The molecule has 0 fully saturated rings. The number of nitrogens with one attached hydrogen (secondary N) is 1. The van der Waals surface area contributed by atoms with Gasteiger partial charge in [-0.1, -0.05) is 30.3 Å². The van der Waals surface area contributed by atoms with Crippen molar-refractivity contribution in [2.24, 2.45) is 10.9 Å². The fourth-order valence-corrected chi connectivity index (χ4v) is 2.57. The van der Waals surface area contributed by atoms with Crippen molar-refractivity contribution in [2.75, 3.05) is 0 Å². The van der Waals surface area contributed by atoms with Gasteiger partial charge in [-0.05, 0) is 24.3 Å². The van der Waals surface area contributed by atoms with Gasteiger partial charge in [0.15, 0.2) is 0 Å². The standard InChI is InChI=1S/C14H14N4O/c15-16-12-6-10(9-4-2-1-3-5-9)7-13-11(12)8-14(19)18-17-13/h1-5,8,10H,6-7,15H2,(H,18,19)/b16-12-. The fraction of sp³-hybridized carbons (Fsp3) is 0.214. The van der Waals surface area contributed by atoms with Crippen LogP contribution in [0.25, 0.3) is 0 Å². The third-order valence-electron chi connectivity index (χ3n) is 3.50. The number of benzene rings is 1. The normalized spacial score (nSPS) is 20.2. The van der Waals surface area contributed by atoms with Gasteiger partial charge in [0.2, 0.25) is 0 Å². The summed E-state index contributed by atoms with van der Waals surface area (Å²) in [7, 11) is 0. The third-order valence-corrected chi connectivity index (χ3v) is 3.50. The summed E-state index contributed by atoms with van der Waals surface area (Å²) in [6.07, 6.45) is 1.52. The second kappa shape index (κ2) is 4.68. The smallest absolute Gasteiger partial charge is 0.264 e. The van der Waals surface area contributed by atoms with Gasteiger partial charge in [0, 0.05) is 11.6 Å². The van der Waals surface area contributed by atoms with Crippen LogP contribution in [0.15, 0.2) is 46.3 Å². The van der Waals surface area contributed by atoms with E-state index in [0.717, 1.165) is 29.8 Å². The average Bonchev–Trinajstić information content (AvgIpc) is 2.47. The molecule has 5 nitrogen and oxygen atoms in total. The summed E-state index contributed by atoms with van der Waals surface area (Å²) < 4.78 is 0. The van der Waals surface area contributed by atoms with Gasteiger partial charge in [-0.3, -0.25) is 4.79 Å². The molecular formula is C14H14N4O. The molecule has 1 aromatic carbocycles. The Morgan fingerprint density at radius 3 is 2.79 bits per heavy atom. The Kier molecular flexibility index (Phi) is 2.87. The van der Waals surface area contributed by atoms with E-state index in [1.54, 1.807) is 0 Å². The number of rotatable bonds is 1. The Morgan fingerprint density at radius 1 is 1.26 bits per heavy atom. The van der Waals surface area contributed by atoms with Gasteiger partial charge >= 0.3 is 0 Å². The second-order valence-corrected chi connectivity index (χ2v) is 4.68. The highest BCUT2D eigenvalue weighted by Gasteiger charge is 2.26. The summed E-state index contributed by atoms with van der Waals surface area (Å²) in [6, 6.07) is 11.7. The minimum atomic E-state index is -0.224. The molecule has 1 heterocycles. The highest BCUT2D eigenvalue weighted by Crippen LogP contribution is 2.30. The summed E-state index contributed by atoms with van der Waals surface area (Å²) in [5.41, 5.74) is 3.39. The van der Waals surface area contributed by atoms with Crippen LogP contribution in [0.1, 0.15) is 29.2 Å². The molecule has 0 saturated heterocycles. The Hall–Kier alpha value is -2.43. The molecule has 3 rings (SSSR count). The summed E-state index contributed by atoms with van der Waals surface area (Å²) in [5, 5.41) is 10.4. The number of hydrogen-bond donors (Lipinski definition) is 2. The third kappa shape index (κ3) is 2.14. The molecule has 96 valence electrons. The Bertz CT molecular complexity index is 675. The molecule has 0 bridgehead atoms. The first-order valence-corrected chi connectivity index (χ1v) is 6.18. The lowest BCUT2D eigenvalue weighted by Gasteiger charge is -2.24. The highest BCUT2D eigenvalue weighted by atomic mass is 16.1. The SMILES string of the molecule is N/N=C1/CC(c2ccccc2)Cc2n[nH]c(=O)cc21. The predicted molar refractivity (Wildman–Crippen MR) is 73.1 cm³/mol. The molecular weight excluding hydrogens is 240 g/mol. The summed E-state index contributed by atoms with van der Waals surface area (Å²) in [4.78, 5) is 11.3. The summed E-state index contributed by atoms with van der Waals surface area (Å²) in [5.74, 6) is 5.76. The van der Waals surface area contributed by atoms with Crippen molar-refractivity contribution < 1.29 is 0 Å². The van der Waals surface area contributed by atoms with E-state index in [1.165, 1.54) is 11.6 Å². The van der Waals surface area contributed by atoms with Gasteiger partial charge in [-0.25, -0.2) is 5.10 Å². The number of hydrazone groups is 1. The average molecular weight is 254 g/mol. The molecule has 1 atom stereocenters. The first-order valence-electron chi connectivity index (χ1n) is 6.18. The van der Waals surface area contributed by atoms with E-state index in [0.29, 0.717) is 5.92 Å². The van der Waals surface area contributed by atoms with Crippen LogP contribution in [0.2, 0.25) is 0 Å². The van der Waals surface area contributed by atoms with Crippen LogP contribution in [-0.4, -0.2) is 15.9 Å². The predicted octanol–water partition coefficient (Wildman–Crippen LogP) is 1.16. The lowest BCUT2D eigenvalue weighted by atomic mass is 9.81. The molecule has 0 spiro atoms. The number of aromatic nitrogens is 2. The number of fused-ring (bicyclic) bond motifs is 1. The largest absolute Gasteiger partial charge is 0.323 e. The quantitative estimate of drug-likeness (QED) is 0.591. The van der Waals surface area contributed by atoms with Gasteiger partial charge < -0.3 is 5.84 Å². The molecule has 2 aromatic rings. The fourth-order valence-electron chi connectivity index (χ4n) is 2.57. The number of aromatic amines is 1. The van der Waals surface area contributed by atoms with Crippen molar-refractivity contribution in [3.8, 4) is 0 Å². The molecule has 0 saturated carbocycles. The summed E-state index contributed by atoms with van der Waals surface area (Å²) >= 11 is 0. The lowest BCUT2D eigenvalue weighted by Crippen LogP contribution is -2.25. The van der Waals surface area contributed by atoms with E-state index in [-0.39, 0.29) is 5.56 Å². The van der Waals surface area contributed by atoms with Gasteiger partial charge in [0.1, 0.15) is 0 Å². The Balaban J connectivity index is 2.04. The van der Waals surface area contributed by atoms with Crippen LogP contribution in [-0.2, 0) is 6.42 Å². The molecule has 5 heteroatoms. The maximum Gasteiger partial charge on any atom is 0.264 e. The van der Waals surface area contributed by atoms with Gasteiger partial charge in [0.25, 0.3) is 5.56 Å². The second-order valence-electron chi connectivity index (χ2n) is 4.68. The molecule has 1 aromatic heterocycles. The van der Waals surface area contributed by atoms with Gasteiger partial charge in [0.05, 0.1) is 11.4 Å². The monoisotopic (exact) mass is 254 g/mol. The summed E-state index contributed by atoms with van der Waals surface area (Å²) in [6.45, 7) is 0. The minimum Gasteiger partial charge on any atom is -0.323 e. The van der Waals surface area contributed by atoms with E-state index in [4.69, 9.17) is 5.84 Å². The van der Waals surface area contributed by atoms with Gasteiger partial charge in [-0.2, -0.15) is 10.2 Å². The molecule has 0 radical (unpaired) electrons. The maximum absolute atomic E-state index is 11.3. The van der Waals surface area contributed by atoms with Crippen LogP contribution >= 0.6 is 0 Å². The van der Waals surface area contributed by atoms with E-state index >= 15 is 0 Å². The number of H-pyrrole nitrogens is 1.